The maximum absolute atomic E-state index is 6.11. The Hall–Kier alpha value is -1.68. The molecular formula is C15H20ClN3O. The number of hydrogen-bond acceptors (Lipinski definition) is 3. The highest BCUT2D eigenvalue weighted by molar-refractivity contribution is 6.31. The van der Waals surface area contributed by atoms with Gasteiger partial charge in [-0.1, -0.05) is 18.5 Å². The summed E-state index contributed by atoms with van der Waals surface area (Å²) in [5.41, 5.74) is 4.28. The van der Waals surface area contributed by atoms with Gasteiger partial charge in [-0.25, -0.2) is 0 Å². The fourth-order valence-electron chi connectivity index (χ4n) is 2.19. The largest absolute Gasteiger partial charge is 0.495 e. The zero-order valence-electron chi connectivity index (χ0n) is 12.3. The fourth-order valence-corrected chi connectivity index (χ4v) is 2.34. The van der Waals surface area contributed by atoms with Gasteiger partial charge in [0.2, 0.25) is 0 Å². The second kappa shape index (κ2) is 6.18. The van der Waals surface area contributed by atoms with Gasteiger partial charge in [-0.3, -0.25) is 4.68 Å². The molecule has 1 heterocycles. The van der Waals surface area contributed by atoms with Crippen LogP contribution in [0.3, 0.4) is 0 Å². The molecule has 2 rings (SSSR count). The minimum atomic E-state index is 0.711. The van der Waals surface area contributed by atoms with Crippen molar-refractivity contribution >= 4 is 17.3 Å². The predicted octanol–water partition coefficient (Wildman–Crippen LogP) is 3.57. The summed E-state index contributed by atoms with van der Waals surface area (Å²) < 4.78 is 7.21. The normalized spacial score (nSPS) is 10.7. The molecule has 0 aliphatic rings. The van der Waals surface area contributed by atoms with E-state index < -0.39 is 0 Å². The predicted molar refractivity (Wildman–Crippen MR) is 82.7 cm³/mol. The number of hydrogen-bond donors (Lipinski definition) is 1. The summed E-state index contributed by atoms with van der Waals surface area (Å²) in [4.78, 5) is 0. The van der Waals surface area contributed by atoms with Gasteiger partial charge < -0.3 is 10.1 Å². The molecule has 0 fully saturated rings. The lowest BCUT2D eigenvalue weighted by atomic mass is 10.1. The lowest BCUT2D eigenvalue weighted by Gasteiger charge is -2.13. The molecule has 5 heteroatoms. The van der Waals surface area contributed by atoms with Crippen LogP contribution >= 0.6 is 11.6 Å². The molecule has 0 saturated heterocycles. The first kappa shape index (κ1) is 14.7. The number of ether oxygens (including phenoxy) is 1. The van der Waals surface area contributed by atoms with Gasteiger partial charge in [-0.2, -0.15) is 5.10 Å². The molecule has 0 bridgehead atoms. The number of rotatable bonds is 5. The van der Waals surface area contributed by atoms with Crippen LogP contribution in [0.2, 0.25) is 5.02 Å². The Morgan fingerprint density at radius 1 is 1.40 bits per heavy atom. The van der Waals surface area contributed by atoms with E-state index in [1.54, 1.807) is 7.11 Å². The maximum Gasteiger partial charge on any atom is 0.143 e. The summed E-state index contributed by atoms with van der Waals surface area (Å²) in [5, 5.41) is 8.55. The minimum Gasteiger partial charge on any atom is -0.495 e. The second-order valence-electron chi connectivity index (χ2n) is 4.78. The van der Waals surface area contributed by atoms with Crippen LogP contribution in [0.4, 0.5) is 5.69 Å². The third-order valence-corrected chi connectivity index (χ3v) is 3.68. The average molecular weight is 294 g/mol. The van der Waals surface area contributed by atoms with E-state index in [1.165, 1.54) is 5.56 Å². The van der Waals surface area contributed by atoms with E-state index in [4.69, 9.17) is 16.3 Å². The van der Waals surface area contributed by atoms with Gasteiger partial charge in [0.15, 0.2) is 0 Å². The molecule has 0 aliphatic carbocycles. The van der Waals surface area contributed by atoms with E-state index in [2.05, 4.69) is 17.3 Å². The second-order valence-corrected chi connectivity index (χ2v) is 5.19. The molecule has 0 unspecified atom stereocenters. The van der Waals surface area contributed by atoms with Crippen LogP contribution in [0.25, 0.3) is 0 Å². The Balaban J connectivity index is 2.20. The topological polar surface area (TPSA) is 39.1 Å². The standard InChI is InChI=1S/C15H20ClN3O/c1-5-13-11(9-19(3)18-13)8-17-14-6-10(2)12(16)7-15(14)20-4/h6-7,9,17H,5,8H2,1-4H3. The summed E-state index contributed by atoms with van der Waals surface area (Å²) in [7, 11) is 3.59. The molecule has 1 aromatic heterocycles. The molecular weight excluding hydrogens is 274 g/mol. The van der Waals surface area contributed by atoms with Crippen LogP contribution in [0.15, 0.2) is 18.3 Å². The highest BCUT2D eigenvalue weighted by Gasteiger charge is 2.09. The van der Waals surface area contributed by atoms with Gasteiger partial charge in [0.1, 0.15) is 5.75 Å². The summed E-state index contributed by atoms with van der Waals surface area (Å²) in [5.74, 6) is 0.752. The lowest BCUT2D eigenvalue weighted by Crippen LogP contribution is -2.03. The van der Waals surface area contributed by atoms with Crippen LogP contribution in [0, 0.1) is 6.92 Å². The van der Waals surface area contributed by atoms with E-state index in [1.807, 2.05) is 37.0 Å². The highest BCUT2D eigenvalue weighted by Crippen LogP contribution is 2.31. The Morgan fingerprint density at radius 3 is 2.80 bits per heavy atom. The first-order valence-electron chi connectivity index (χ1n) is 6.64. The molecule has 2 aromatic rings. The fraction of sp³-hybridized carbons (Fsp3) is 0.400. The quantitative estimate of drug-likeness (QED) is 0.916. The van der Waals surface area contributed by atoms with E-state index in [0.29, 0.717) is 11.6 Å². The SMILES string of the molecule is CCc1nn(C)cc1CNc1cc(C)c(Cl)cc1OC. The van der Waals surface area contributed by atoms with Crippen LogP contribution in [0.1, 0.15) is 23.7 Å². The zero-order valence-corrected chi connectivity index (χ0v) is 13.1. The monoisotopic (exact) mass is 293 g/mol. The molecule has 108 valence electrons. The van der Waals surface area contributed by atoms with Crippen molar-refractivity contribution in [1.29, 1.82) is 0 Å². The van der Waals surface area contributed by atoms with Crippen LogP contribution in [-0.2, 0) is 20.0 Å². The van der Waals surface area contributed by atoms with E-state index in [-0.39, 0.29) is 0 Å². The van der Waals surface area contributed by atoms with Crippen molar-refractivity contribution in [2.75, 3.05) is 12.4 Å². The number of aromatic nitrogens is 2. The molecule has 0 atom stereocenters. The van der Waals surface area contributed by atoms with Gasteiger partial charge in [0.05, 0.1) is 18.5 Å². The number of benzene rings is 1. The van der Waals surface area contributed by atoms with Gasteiger partial charge in [0.25, 0.3) is 0 Å². The number of nitrogens with one attached hydrogen (secondary N) is 1. The van der Waals surface area contributed by atoms with Crippen LogP contribution in [0.5, 0.6) is 5.75 Å². The molecule has 0 spiro atoms. The number of aryl methyl sites for hydroxylation is 3. The summed E-state index contributed by atoms with van der Waals surface area (Å²) in [6.45, 7) is 4.81. The molecule has 1 N–H and O–H groups in total. The van der Waals surface area contributed by atoms with Crippen molar-refractivity contribution in [2.24, 2.45) is 7.05 Å². The van der Waals surface area contributed by atoms with Gasteiger partial charge in [-0.05, 0) is 25.0 Å². The lowest BCUT2D eigenvalue weighted by molar-refractivity contribution is 0.416. The van der Waals surface area contributed by atoms with Gasteiger partial charge in [0, 0.05) is 36.4 Å². The molecule has 0 saturated carbocycles. The number of halogens is 1. The Kier molecular flexibility index (Phi) is 4.55. The molecule has 4 nitrogen and oxygen atoms in total. The van der Waals surface area contributed by atoms with Crippen molar-refractivity contribution in [3.63, 3.8) is 0 Å². The third kappa shape index (κ3) is 3.07. The smallest absolute Gasteiger partial charge is 0.143 e. The Bertz CT molecular complexity index is 607. The van der Waals surface area contributed by atoms with Crippen molar-refractivity contribution < 1.29 is 4.74 Å². The summed E-state index contributed by atoms with van der Waals surface area (Å²) >= 11 is 6.11. The van der Waals surface area contributed by atoms with E-state index in [9.17, 15) is 0 Å². The zero-order chi connectivity index (χ0) is 14.7. The van der Waals surface area contributed by atoms with Crippen LogP contribution in [-0.4, -0.2) is 16.9 Å². The number of anilines is 1. The molecule has 0 aliphatic heterocycles. The Labute approximate surface area is 124 Å². The van der Waals surface area contributed by atoms with Crippen molar-refractivity contribution in [2.45, 2.75) is 26.8 Å². The van der Waals surface area contributed by atoms with Crippen molar-refractivity contribution in [1.82, 2.24) is 9.78 Å². The summed E-state index contributed by atoms with van der Waals surface area (Å²) in [6.07, 6.45) is 2.97. The molecule has 0 amide bonds. The van der Waals surface area contributed by atoms with Crippen molar-refractivity contribution in [3.05, 3.63) is 40.2 Å². The van der Waals surface area contributed by atoms with E-state index >= 15 is 0 Å². The first-order chi connectivity index (χ1) is 9.55. The third-order valence-electron chi connectivity index (χ3n) is 3.28. The van der Waals surface area contributed by atoms with Crippen LogP contribution < -0.4 is 10.1 Å². The molecule has 0 radical (unpaired) electrons. The highest BCUT2D eigenvalue weighted by atomic mass is 35.5. The molecule has 20 heavy (non-hydrogen) atoms. The first-order valence-corrected chi connectivity index (χ1v) is 7.02. The number of methoxy groups -OCH3 is 1. The van der Waals surface area contributed by atoms with Gasteiger partial charge >= 0.3 is 0 Å². The Morgan fingerprint density at radius 2 is 2.15 bits per heavy atom. The summed E-state index contributed by atoms with van der Waals surface area (Å²) in [6, 6.07) is 3.84. The average Bonchev–Trinajstić information content (AvgIpc) is 2.79. The molecule has 1 aromatic carbocycles. The minimum absolute atomic E-state index is 0.711. The van der Waals surface area contributed by atoms with Gasteiger partial charge in [-0.15, -0.1) is 0 Å². The maximum atomic E-state index is 6.11. The van der Waals surface area contributed by atoms with E-state index in [0.717, 1.165) is 29.1 Å². The van der Waals surface area contributed by atoms with Crippen molar-refractivity contribution in [3.8, 4) is 5.75 Å². The number of nitrogens with zero attached hydrogens (tertiary/aromatic N) is 2.